The van der Waals surface area contributed by atoms with E-state index in [-0.39, 0.29) is 17.3 Å². The number of hydrogen-bond acceptors (Lipinski definition) is 2. The lowest BCUT2D eigenvalue weighted by Crippen LogP contribution is -2.62. The van der Waals surface area contributed by atoms with Crippen molar-refractivity contribution in [2.75, 3.05) is 0 Å². The van der Waals surface area contributed by atoms with E-state index in [4.69, 9.17) is 5.11 Å². The smallest absolute Gasteiger partial charge is 0.303 e. The van der Waals surface area contributed by atoms with Crippen molar-refractivity contribution in [2.24, 2.45) is 45.8 Å². The highest BCUT2D eigenvalue weighted by atomic mass is 16.4. The molecule has 27 heavy (non-hydrogen) atoms. The lowest BCUT2D eigenvalue weighted by molar-refractivity contribution is -0.175. The third-order valence-corrected chi connectivity index (χ3v) is 10.7. The van der Waals surface area contributed by atoms with Gasteiger partial charge in [-0.25, -0.2) is 0 Å². The topological polar surface area (TPSA) is 57.5 Å². The Morgan fingerprint density at radius 2 is 1.89 bits per heavy atom. The molecule has 5 rings (SSSR count). The Bertz CT molecular complexity index is 700. The van der Waals surface area contributed by atoms with Gasteiger partial charge >= 0.3 is 5.97 Å². The molecule has 0 heterocycles. The third-order valence-electron chi connectivity index (χ3n) is 10.7. The second-order valence-corrected chi connectivity index (χ2v) is 11.3. The van der Waals surface area contributed by atoms with Crippen LogP contribution in [0.25, 0.3) is 0 Å². The number of carbonyl (C=O) groups is 1. The molecule has 9 atom stereocenters. The molecule has 3 heteroatoms. The Balaban J connectivity index is 1.46. The van der Waals surface area contributed by atoms with Gasteiger partial charge in [-0.2, -0.15) is 0 Å². The minimum atomic E-state index is -0.680. The molecule has 4 fully saturated rings. The number of fused-ring (bicyclic) bond motifs is 4. The molecule has 1 spiro atoms. The number of carboxylic acids is 1. The van der Waals surface area contributed by atoms with Crippen molar-refractivity contribution < 1.29 is 15.0 Å². The summed E-state index contributed by atoms with van der Waals surface area (Å²) in [5.74, 6) is 2.11. The normalized spacial score (nSPS) is 56.0. The molecule has 150 valence electrons. The predicted molar refractivity (Wildman–Crippen MR) is 105 cm³/mol. The van der Waals surface area contributed by atoms with Crippen molar-refractivity contribution in [1.82, 2.24) is 0 Å². The fourth-order valence-electron chi connectivity index (χ4n) is 9.08. The molecule has 0 aromatic rings. The van der Waals surface area contributed by atoms with Crippen LogP contribution in [0.1, 0.15) is 78.6 Å². The summed E-state index contributed by atoms with van der Waals surface area (Å²) in [5.41, 5.74) is -0.00134. The molecule has 0 aromatic carbocycles. The van der Waals surface area contributed by atoms with Crippen LogP contribution < -0.4 is 0 Å². The standard InChI is InChI=1S/C24H36O3/c1-15(4-7-20(25)26)17-5-6-18-19-9-11-23-14-16(23)8-10-22(23,3)24(19,27)13-12-21(17,18)2/h12-13,15-19,27H,4-11,14H2,1-3H3,(H,25,26)/t15?,16-,17?,18+,19?,21-,22+,23?,24-/m1/s1. The first kappa shape index (κ1) is 18.2. The Morgan fingerprint density at radius 1 is 1.11 bits per heavy atom. The summed E-state index contributed by atoms with van der Waals surface area (Å²) in [6.45, 7) is 7.06. The van der Waals surface area contributed by atoms with Crippen molar-refractivity contribution in [3.8, 4) is 0 Å². The van der Waals surface area contributed by atoms with Crippen LogP contribution in [0, 0.1) is 45.8 Å². The van der Waals surface area contributed by atoms with E-state index >= 15 is 0 Å². The molecule has 4 unspecified atom stereocenters. The van der Waals surface area contributed by atoms with Gasteiger partial charge in [0.1, 0.15) is 0 Å². The van der Waals surface area contributed by atoms with Crippen LogP contribution >= 0.6 is 0 Å². The fourth-order valence-corrected chi connectivity index (χ4v) is 9.08. The Morgan fingerprint density at radius 3 is 2.59 bits per heavy atom. The van der Waals surface area contributed by atoms with Crippen molar-refractivity contribution in [3.05, 3.63) is 12.2 Å². The highest BCUT2D eigenvalue weighted by Crippen LogP contribution is 2.82. The highest BCUT2D eigenvalue weighted by Gasteiger charge is 2.77. The minimum Gasteiger partial charge on any atom is -0.481 e. The van der Waals surface area contributed by atoms with E-state index in [1.165, 1.54) is 44.9 Å². The monoisotopic (exact) mass is 372 g/mol. The summed E-state index contributed by atoms with van der Waals surface area (Å²) in [7, 11) is 0. The molecular formula is C24H36O3. The zero-order chi connectivity index (χ0) is 19.2. The molecule has 0 amide bonds. The van der Waals surface area contributed by atoms with E-state index in [1.54, 1.807) is 0 Å². The molecule has 0 aliphatic heterocycles. The molecule has 5 aliphatic carbocycles. The lowest BCUT2D eigenvalue weighted by Gasteiger charge is -2.61. The maximum atomic E-state index is 12.1. The van der Waals surface area contributed by atoms with Crippen LogP contribution in [0.2, 0.25) is 0 Å². The van der Waals surface area contributed by atoms with Gasteiger partial charge in [0.25, 0.3) is 0 Å². The van der Waals surface area contributed by atoms with Crippen LogP contribution in [0.3, 0.4) is 0 Å². The van der Waals surface area contributed by atoms with Gasteiger partial charge in [0.05, 0.1) is 5.60 Å². The molecule has 3 nitrogen and oxygen atoms in total. The first-order chi connectivity index (χ1) is 12.7. The number of rotatable bonds is 4. The maximum Gasteiger partial charge on any atom is 0.303 e. The number of hydrogen-bond donors (Lipinski definition) is 2. The van der Waals surface area contributed by atoms with Crippen LogP contribution in [0.5, 0.6) is 0 Å². The molecule has 0 radical (unpaired) electrons. The van der Waals surface area contributed by atoms with Gasteiger partial charge < -0.3 is 10.2 Å². The Hall–Kier alpha value is -0.830. The summed E-state index contributed by atoms with van der Waals surface area (Å²) >= 11 is 0. The van der Waals surface area contributed by atoms with Crippen molar-refractivity contribution in [3.63, 3.8) is 0 Å². The maximum absolute atomic E-state index is 12.1. The van der Waals surface area contributed by atoms with Crippen molar-refractivity contribution in [2.45, 2.75) is 84.2 Å². The van der Waals surface area contributed by atoms with Gasteiger partial charge in [0, 0.05) is 11.8 Å². The summed E-state index contributed by atoms with van der Waals surface area (Å²) < 4.78 is 0. The SMILES string of the molecule is CC(CCC(=O)O)C1CC[C@H]2C3CCC45C[C@H]4CC[C@]5(C)[C@@]3(O)C=C[C@]12C. The average molecular weight is 373 g/mol. The summed E-state index contributed by atoms with van der Waals surface area (Å²) in [4.78, 5) is 11.0. The summed E-state index contributed by atoms with van der Waals surface area (Å²) in [6, 6.07) is 0. The Kier molecular flexibility index (Phi) is 3.64. The predicted octanol–water partition coefficient (Wildman–Crippen LogP) is 5.04. The van der Waals surface area contributed by atoms with E-state index in [2.05, 4.69) is 32.9 Å². The van der Waals surface area contributed by atoms with Crippen LogP contribution in [-0.2, 0) is 4.79 Å². The van der Waals surface area contributed by atoms with Gasteiger partial charge in [-0.1, -0.05) is 32.9 Å². The van der Waals surface area contributed by atoms with Gasteiger partial charge in [-0.05, 0) is 91.8 Å². The van der Waals surface area contributed by atoms with Gasteiger partial charge in [-0.15, -0.1) is 0 Å². The second kappa shape index (κ2) is 5.40. The number of aliphatic hydroxyl groups is 1. The quantitative estimate of drug-likeness (QED) is 0.680. The largest absolute Gasteiger partial charge is 0.481 e. The first-order valence-corrected chi connectivity index (χ1v) is 11.3. The van der Waals surface area contributed by atoms with Crippen LogP contribution in [0.4, 0.5) is 0 Å². The van der Waals surface area contributed by atoms with E-state index in [1.807, 2.05) is 0 Å². The molecule has 0 saturated heterocycles. The zero-order valence-corrected chi connectivity index (χ0v) is 17.2. The lowest BCUT2D eigenvalue weighted by atomic mass is 9.46. The molecule has 5 aliphatic rings. The highest BCUT2D eigenvalue weighted by molar-refractivity contribution is 5.66. The van der Waals surface area contributed by atoms with E-state index < -0.39 is 11.6 Å². The van der Waals surface area contributed by atoms with Gasteiger partial charge in [-0.3, -0.25) is 4.79 Å². The van der Waals surface area contributed by atoms with Crippen molar-refractivity contribution >= 4 is 5.97 Å². The van der Waals surface area contributed by atoms with Crippen LogP contribution in [0.15, 0.2) is 12.2 Å². The van der Waals surface area contributed by atoms with E-state index in [0.717, 1.165) is 12.3 Å². The second-order valence-electron chi connectivity index (χ2n) is 11.3. The van der Waals surface area contributed by atoms with E-state index in [9.17, 15) is 9.90 Å². The summed E-state index contributed by atoms with van der Waals surface area (Å²) in [5, 5.41) is 21.2. The average Bonchev–Trinajstić information content (AvgIpc) is 3.11. The first-order valence-electron chi connectivity index (χ1n) is 11.3. The number of aliphatic carboxylic acids is 1. The minimum absolute atomic E-state index is 0.0679. The molecule has 2 N–H and O–H groups in total. The number of carboxylic acid groups (broad SMARTS) is 1. The van der Waals surface area contributed by atoms with Gasteiger partial charge in [0.15, 0.2) is 0 Å². The molecule has 0 bridgehead atoms. The molecule has 4 saturated carbocycles. The molecular weight excluding hydrogens is 336 g/mol. The van der Waals surface area contributed by atoms with Crippen molar-refractivity contribution in [1.29, 1.82) is 0 Å². The molecule has 0 aromatic heterocycles. The Labute approximate surface area is 163 Å². The third kappa shape index (κ3) is 2.05. The fraction of sp³-hybridized carbons (Fsp3) is 0.875. The van der Waals surface area contributed by atoms with Gasteiger partial charge in [0.2, 0.25) is 0 Å². The summed E-state index contributed by atoms with van der Waals surface area (Å²) in [6.07, 6.45) is 14.4. The zero-order valence-electron chi connectivity index (χ0n) is 17.2. The number of allylic oxidation sites excluding steroid dienone is 1. The van der Waals surface area contributed by atoms with Crippen LogP contribution in [-0.4, -0.2) is 21.8 Å². The van der Waals surface area contributed by atoms with E-state index in [0.29, 0.717) is 29.1 Å².